The molecule has 0 aromatic heterocycles. The molecule has 1 rings (SSSR count). The van der Waals surface area contributed by atoms with E-state index in [2.05, 4.69) is 42.3 Å². The van der Waals surface area contributed by atoms with Crippen LogP contribution in [0.25, 0.3) is 0 Å². The van der Waals surface area contributed by atoms with Gasteiger partial charge in [0, 0.05) is 12.7 Å². The molecule has 16 heavy (non-hydrogen) atoms. The van der Waals surface area contributed by atoms with Crippen molar-refractivity contribution < 1.29 is 4.79 Å². The first-order valence-corrected chi connectivity index (χ1v) is 5.67. The zero-order valence-electron chi connectivity index (χ0n) is 10.8. The molecule has 0 saturated carbocycles. The molecule has 0 aliphatic heterocycles. The zero-order chi connectivity index (χ0) is 12.8. The van der Waals surface area contributed by atoms with Crippen molar-refractivity contribution in [3.05, 3.63) is 35.6 Å². The van der Waals surface area contributed by atoms with E-state index in [0.717, 1.165) is 12.8 Å². The lowest BCUT2D eigenvalue weighted by atomic mass is 10.1. The molecule has 0 heterocycles. The summed E-state index contributed by atoms with van der Waals surface area (Å²) in [6.07, 6.45) is 11.1. The topological polar surface area (TPSA) is 55.1 Å². The van der Waals surface area contributed by atoms with Gasteiger partial charge in [-0.15, -0.1) is 0 Å². The van der Waals surface area contributed by atoms with Gasteiger partial charge in [0.05, 0.1) is 0 Å². The summed E-state index contributed by atoms with van der Waals surface area (Å²) in [4.78, 5) is 8.58. The Morgan fingerprint density at radius 3 is 2.50 bits per heavy atom. The number of nitrogens with one attached hydrogen (secondary N) is 1. The van der Waals surface area contributed by atoms with Gasteiger partial charge in [0.25, 0.3) is 0 Å². The van der Waals surface area contributed by atoms with Gasteiger partial charge in [-0.25, -0.2) is 0 Å². The third-order valence-electron chi connectivity index (χ3n) is 1.89. The van der Waals surface area contributed by atoms with Gasteiger partial charge in [-0.2, -0.15) is 0 Å². The van der Waals surface area contributed by atoms with Crippen LogP contribution in [0.15, 0.2) is 35.6 Å². The summed E-state index contributed by atoms with van der Waals surface area (Å²) in [5.41, 5.74) is 6.86. The van der Waals surface area contributed by atoms with Gasteiger partial charge in [0.15, 0.2) is 0 Å². The fraction of sp³-hybridized carbons (Fsp3) is 0.462. The molecule has 1 aliphatic carbocycles. The monoisotopic (exact) mass is 224 g/mol. The molecule has 0 aromatic rings. The lowest BCUT2D eigenvalue weighted by molar-refractivity contribution is -0.106. The van der Waals surface area contributed by atoms with E-state index in [4.69, 9.17) is 4.79 Å². The molecular weight excluding hydrogens is 200 g/mol. The maximum absolute atomic E-state index is 8.58. The maximum Gasteiger partial charge on any atom is 0.204 e. The van der Waals surface area contributed by atoms with Crippen LogP contribution in [0.3, 0.4) is 0 Å². The van der Waals surface area contributed by atoms with Crippen LogP contribution in [-0.2, 0) is 4.79 Å². The number of amides is 1. The molecule has 0 unspecified atom stereocenters. The Labute approximate surface area is 99.1 Å². The Bertz CT molecular complexity index is 253. The Hall–Kier alpha value is -1.51. The van der Waals surface area contributed by atoms with Crippen molar-refractivity contribution in [3.8, 4) is 0 Å². The summed E-state index contributed by atoms with van der Waals surface area (Å²) >= 11 is 0. The Balaban J connectivity index is 0. The lowest BCUT2D eigenvalue weighted by Crippen LogP contribution is -2.02. The number of primary amides is 1. The predicted molar refractivity (Wildman–Crippen MR) is 70.9 cm³/mol. The highest BCUT2D eigenvalue weighted by atomic mass is 16.1. The number of rotatable bonds is 2. The standard InChI is InChI=1S/C10H15N.C2H6.CH3NO/c1-3-9-6-4-5-7-10(8-9)11-2;1-2;2-1-3/h4-5,7-8,11H,3,6H2,1-2H3;1-2H3;1H,(H2,2,3). The van der Waals surface area contributed by atoms with E-state index < -0.39 is 0 Å². The number of hydrogen-bond donors (Lipinski definition) is 2. The fourth-order valence-corrected chi connectivity index (χ4v) is 1.12. The van der Waals surface area contributed by atoms with Crippen LogP contribution in [0.5, 0.6) is 0 Å². The normalized spacial score (nSPS) is 12.8. The van der Waals surface area contributed by atoms with Crippen molar-refractivity contribution in [2.45, 2.75) is 33.6 Å². The molecule has 0 spiro atoms. The number of nitrogens with two attached hydrogens (primary N) is 1. The van der Waals surface area contributed by atoms with Gasteiger partial charge < -0.3 is 11.1 Å². The third kappa shape index (κ3) is 9.06. The van der Waals surface area contributed by atoms with E-state index in [-0.39, 0.29) is 6.41 Å². The molecule has 92 valence electrons. The lowest BCUT2D eigenvalue weighted by Gasteiger charge is -2.01. The van der Waals surface area contributed by atoms with Crippen LogP contribution in [-0.4, -0.2) is 13.5 Å². The van der Waals surface area contributed by atoms with Crippen LogP contribution < -0.4 is 11.1 Å². The molecule has 1 amide bonds. The average Bonchev–Trinajstić information content (AvgIpc) is 2.57. The van der Waals surface area contributed by atoms with Gasteiger partial charge in [-0.05, 0) is 25.0 Å². The number of likely N-dealkylation sites (N-methyl/N-ethyl adjacent to an activating group) is 1. The number of carbonyl (C=O) groups excluding carboxylic acids is 1. The van der Waals surface area contributed by atoms with Gasteiger partial charge in [0.2, 0.25) is 6.41 Å². The Morgan fingerprint density at radius 2 is 2.06 bits per heavy atom. The summed E-state index contributed by atoms with van der Waals surface area (Å²) in [6.45, 7) is 6.19. The maximum atomic E-state index is 8.58. The van der Waals surface area contributed by atoms with Crippen molar-refractivity contribution in [1.82, 2.24) is 5.32 Å². The number of carbonyl (C=O) groups is 1. The molecule has 3 nitrogen and oxygen atoms in total. The summed E-state index contributed by atoms with van der Waals surface area (Å²) < 4.78 is 0. The minimum absolute atomic E-state index is 0.250. The molecule has 0 saturated heterocycles. The average molecular weight is 224 g/mol. The summed E-state index contributed by atoms with van der Waals surface area (Å²) in [5, 5.41) is 3.14. The molecule has 0 atom stereocenters. The largest absolute Gasteiger partial charge is 0.388 e. The van der Waals surface area contributed by atoms with Crippen LogP contribution >= 0.6 is 0 Å². The molecule has 0 fully saturated rings. The predicted octanol–water partition coefficient (Wildman–Crippen LogP) is 2.51. The molecule has 3 heteroatoms. The zero-order valence-corrected chi connectivity index (χ0v) is 10.8. The second-order valence-corrected chi connectivity index (χ2v) is 2.80. The summed E-state index contributed by atoms with van der Waals surface area (Å²) in [7, 11) is 1.95. The Morgan fingerprint density at radius 1 is 1.50 bits per heavy atom. The summed E-state index contributed by atoms with van der Waals surface area (Å²) in [6, 6.07) is 0. The number of hydrogen-bond acceptors (Lipinski definition) is 2. The molecular formula is C13H24N2O. The van der Waals surface area contributed by atoms with E-state index >= 15 is 0 Å². The smallest absolute Gasteiger partial charge is 0.204 e. The van der Waals surface area contributed by atoms with Gasteiger partial charge in [-0.3, -0.25) is 4.79 Å². The molecule has 0 aromatic carbocycles. The molecule has 0 radical (unpaired) electrons. The summed E-state index contributed by atoms with van der Waals surface area (Å²) in [5.74, 6) is 0. The second-order valence-electron chi connectivity index (χ2n) is 2.80. The van der Waals surface area contributed by atoms with Crippen molar-refractivity contribution in [1.29, 1.82) is 0 Å². The van der Waals surface area contributed by atoms with Crippen LogP contribution in [0.1, 0.15) is 33.6 Å². The van der Waals surface area contributed by atoms with E-state index in [0.29, 0.717) is 0 Å². The van der Waals surface area contributed by atoms with E-state index in [1.165, 1.54) is 11.3 Å². The van der Waals surface area contributed by atoms with Gasteiger partial charge >= 0.3 is 0 Å². The van der Waals surface area contributed by atoms with Crippen molar-refractivity contribution >= 4 is 6.41 Å². The molecule has 3 N–H and O–H groups in total. The fourth-order valence-electron chi connectivity index (χ4n) is 1.12. The Kier molecular flexibility index (Phi) is 14.3. The molecule has 1 aliphatic rings. The number of allylic oxidation sites excluding steroid dienone is 5. The van der Waals surface area contributed by atoms with Gasteiger partial charge in [0.1, 0.15) is 0 Å². The first-order chi connectivity index (χ1) is 7.78. The first-order valence-electron chi connectivity index (χ1n) is 5.67. The van der Waals surface area contributed by atoms with Crippen molar-refractivity contribution in [2.75, 3.05) is 7.05 Å². The van der Waals surface area contributed by atoms with Crippen LogP contribution in [0, 0.1) is 0 Å². The van der Waals surface area contributed by atoms with E-state index in [1.807, 2.05) is 20.9 Å². The van der Waals surface area contributed by atoms with Crippen molar-refractivity contribution in [3.63, 3.8) is 0 Å². The van der Waals surface area contributed by atoms with Crippen LogP contribution in [0.2, 0.25) is 0 Å². The molecule has 0 bridgehead atoms. The third-order valence-corrected chi connectivity index (χ3v) is 1.89. The SMILES string of the molecule is CC.CCC1=CC(NC)=CC=CC1.NC=O. The minimum Gasteiger partial charge on any atom is -0.388 e. The first kappa shape index (κ1) is 16.9. The van der Waals surface area contributed by atoms with Gasteiger partial charge in [-0.1, -0.05) is 38.5 Å². The minimum atomic E-state index is 0.250. The van der Waals surface area contributed by atoms with Crippen LogP contribution in [0.4, 0.5) is 0 Å². The second kappa shape index (κ2) is 13.5. The highest BCUT2D eigenvalue weighted by molar-refractivity contribution is 5.42. The van der Waals surface area contributed by atoms with E-state index in [1.54, 1.807) is 0 Å². The van der Waals surface area contributed by atoms with E-state index in [9.17, 15) is 0 Å². The quantitative estimate of drug-likeness (QED) is 0.708. The highest BCUT2D eigenvalue weighted by Gasteiger charge is 1.96. The highest BCUT2D eigenvalue weighted by Crippen LogP contribution is 2.12. The van der Waals surface area contributed by atoms with Crippen molar-refractivity contribution in [2.24, 2.45) is 5.73 Å².